The highest BCUT2D eigenvalue weighted by atomic mass is 35.5. The Morgan fingerprint density at radius 3 is 2.07 bits per heavy atom. The van der Waals surface area contributed by atoms with E-state index in [0.717, 1.165) is 44.7 Å². The maximum atomic E-state index is 12.8. The van der Waals surface area contributed by atoms with Crippen molar-refractivity contribution in [3.63, 3.8) is 0 Å². The summed E-state index contributed by atoms with van der Waals surface area (Å²) in [6.07, 6.45) is 3.37. The lowest BCUT2D eigenvalue weighted by Crippen LogP contribution is -2.44. The Morgan fingerprint density at radius 2 is 1.48 bits per heavy atom. The average Bonchev–Trinajstić information content (AvgIpc) is 3.17. The number of urea groups is 1. The van der Waals surface area contributed by atoms with E-state index in [1.165, 1.54) is 6.42 Å². The molecule has 0 saturated carbocycles. The number of para-hydroxylation sites is 1. The van der Waals surface area contributed by atoms with E-state index in [1.807, 2.05) is 35.2 Å². The van der Waals surface area contributed by atoms with Crippen molar-refractivity contribution in [3.05, 3.63) is 60.2 Å². The van der Waals surface area contributed by atoms with Crippen molar-refractivity contribution in [3.8, 4) is 0 Å². The first-order chi connectivity index (χ1) is 13.6. The Balaban J connectivity index is 0.00000240. The first-order valence-corrected chi connectivity index (χ1v) is 9.87. The van der Waals surface area contributed by atoms with E-state index >= 15 is 0 Å². The van der Waals surface area contributed by atoms with Gasteiger partial charge < -0.3 is 20.9 Å². The number of amides is 3. The highest BCUT2D eigenvalue weighted by Gasteiger charge is 2.38. The van der Waals surface area contributed by atoms with Crippen molar-refractivity contribution in [1.29, 1.82) is 0 Å². The van der Waals surface area contributed by atoms with Crippen molar-refractivity contribution in [2.75, 3.05) is 36.8 Å². The van der Waals surface area contributed by atoms with Gasteiger partial charge in [-0.25, -0.2) is 4.79 Å². The lowest BCUT2D eigenvalue weighted by atomic mass is 9.78. The molecule has 6 nitrogen and oxygen atoms in total. The lowest BCUT2D eigenvalue weighted by Gasteiger charge is -2.38. The molecule has 1 spiro atoms. The van der Waals surface area contributed by atoms with Gasteiger partial charge in [-0.15, -0.1) is 12.4 Å². The summed E-state index contributed by atoms with van der Waals surface area (Å²) in [4.78, 5) is 26.8. The molecule has 2 fully saturated rings. The van der Waals surface area contributed by atoms with Gasteiger partial charge >= 0.3 is 6.03 Å². The molecular formula is C22H27ClN4O2. The van der Waals surface area contributed by atoms with Crippen LogP contribution in [-0.2, 0) is 0 Å². The van der Waals surface area contributed by atoms with Gasteiger partial charge in [-0.3, -0.25) is 4.79 Å². The maximum Gasteiger partial charge on any atom is 0.323 e. The third-order valence-electron chi connectivity index (χ3n) is 5.86. The molecule has 7 heteroatoms. The normalized spacial score (nSPS) is 17.4. The summed E-state index contributed by atoms with van der Waals surface area (Å²) in [6, 6.07) is 16.1. The second-order valence-electron chi connectivity index (χ2n) is 7.74. The van der Waals surface area contributed by atoms with E-state index in [1.54, 1.807) is 24.3 Å². The summed E-state index contributed by atoms with van der Waals surface area (Å²) >= 11 is 0. The van der Waals surface area contributed by atoms with Crippen LogP contribution in [0.25, 0.3) is 0 Å². The molecule has 4 rings (SSSR count). The fourth-order valence-electron chi connectivity index (χ4n) is 4.10. The number of halogens is 1. The maximum absolute atomic E-state index is 12.8. The van der Waals surface area contributed by atoms with Crippen molar-refractivity contribution < 1.29 is 9.59 Å². The van der Waals surface area contributed by atoms with E-state index < -0.39 is 0 Å². The lowest BCUT2D eigenvalue weighted by molar-refractivity contribution is 0.0607. The van der Waals surface area contributed by atoms with Crippen LogP contribution >= 0.6 is 12.4 Å². The predicted octanol–water partition coefficient (Wildman–Crippen LogP) is 3.97. The number of carbonyl (C=O) groups is 2. The summed E-state index contributed by atoms with van der Waals surface area (Å²) in [5.41, 5.74) is 2.44. The predicted molar refractivity (Wildman–Crippen MR) is 118 cm³/mol. The molecule has 154 valence electrons. The van der Waals surface area contributed by atoms with Crippen LogP contribution < -0.4 is 16.0 Å². The number of rotatable bonds is 3. The Kier molecular flexibility index (Phi) is 6.77. The minimum absolute atomic E-state index is 0. The van der Waals surface area contributed by atoms with Gasteiger partial charge in [0.1, 0.15) is 0 Å². The Labute approximate surface area is 177 Å². The molecule has 0 aliphatic carbocycles. The first kappa shape index (κ1) is 21.1. The summed E-state index contributed by atoms with van der Waals surface area (Å²) in [5, 5.41) is 9.01. The van der Waals surface area contributed by atoms with E-state index in [0.29, 0.717) is 16.7 Å². The minimum atomic E-state index is -0.309. The van der Waals surface area contributed by atoms with Gasteiger partial charge in [0.05, 0.1) is 0 Å². The van der Waals surface area contributed by atoms with Crippen molar-refractivity contribution >= 4 is 35.7 Å². The molecule has 0 unspecified atom stereocenters. The molecule has 0 radical (unpaired) electrons. The highest BCUT2D eigenvalue weighted by Crippen LogP contribution is 2.37. The molecule has 3 N–H and O–H groups in total. The number of anilines is 2. The molecule has 2 aromatic carbocycles. The van der Waals surface area contributed by atoms with Crippen molar-refractivity contribution in [2.45, 2.75) is 19.3 Å². The summed E-state index contributed by atoms with van der Waals surface area (Å²) in [5.74, 6) is 0.0705. The topological polar surface area (TPSA) is 73.5 Å². The molecule has 3 amide bonds. The molecule has 0 bridgehead atoms. The van der Waals surface area contributed by atoms with E-state index in [-0.39, 0.29) is 24.3 Å². The Hall–Kier alpha value is -2.57. The molecule has 29 heavy (non-hydrogen) atoms. The van der Waals surface area contributed by atoms with Crippen LogP contribution in [0.3, 0.4) is 0 Å². The molecule has 2 aliphatic rings. The molecule has 2 heterocycles. The fraction of sp³-hybridized carbons (Fsp3) is 0.364. The third kappa shape index (κ3) is 5.08. The molecule has 2 aromatic rings. The SMILES string of the molecule is Cl.O=C(Nc1ccccc1)Nc1ccc(C(=O)N2CCC3(CCNC3)CC2)cc1. The fourth-order valence-corrected chi connectivity index (χ4v) is 4.10. The van der Waals surface area contributed by atoms with Gasteiger partial charge in [-0.05, 0) is 67.6 Å². The van der Waals surface area contributed by atoms with Crippen LogP contribution in [0.15, 0.2) is 54.6 Å². The highest BCUT2D eigenvalue weighted by molar-refractivity contribution is 6.00. The standard InChI is InChI=1S/C22H26N4O2.ClH/c27-20(26-14-11-22(12-15-26)10-13-23-16-22)17-6-8-19(9-7-17)25-21(28)24-18-4-2-1-3-5-18;/h1-9,23H,10-16H2,(H2,24,25,28);1H. The largest absolute Gasteiger partial charge is 0.339 e. The van der Waals surface area contributed by atoms with Crippen LogP contribution in [0.4, 0.5) is 16.2 Å². The zero-order valence-electron chi connectivity index (χ0n) is 16.3. The monoisotopic (exact) mass is 414 g/mol. The summed E-state index contributed by atoms with van der Waals surface area (Å²) in [7, 11) is 0. The first-order valence-electron chi connectivity index (χ1n) is 9.87. The number of nitrogens with one attached hydrogen (secondary N) is 3. The van der Waals surface area contributed by atoms with Crippen LogP contribution in [0.1, 0.15) is 29.6 Å². The second-order valence-corrected chi connectivity index (χ2v) is 7.74. The van der Waals surface area contributed by atoms with Gasteiger partial charge in [-0.2, -0.15) is 0 Å². The number of hydrogen-bond acceptors (Lipinski definition) is 3. The molecule has 0 aromatic heterocycles. The van der Waals surface area contributed by atoms with Crippen molar-refractivity contribution in [1.82, 2.24) is 10.2 Å². The zero-order valence-corrected chi connectivity index (χ0v) is 17.1. The van der Waals surface area contributed by atoms with Crippen LogP contribution in [0.2, 0.25) is 0 Å². The smallest absolute Gasteiger partial charge is 0.323 e. The van der Waals surface area contributed by atoms with E-state index in [2.05, 4.69) is 16.0 Å². The van der Waals surface area contributed by atoms with Gasteiger partial charge in [0, 0.05) is 36.6 Å². The Bertz CT molecular complexity index is 826. The quantitative estimate of drug-likeness (QED) is 0.711. The number of piperidine rings is 1. The molecule has 0 atom stereocenters. The Morgan fingerprint density at radius 1 is 0.862 bits per heavy atom. The van der Waals surface area contributed by atoms with Gasteiger partial charge in [0.15, 0.2) is 0 Å². The second kappa shape index (κ2) is 9.29. The van der Waals surface area contributed by atoms with E-state index in [9.17, 15) is 9.59 Å². The number of benzene rings is 2. The number of nitrogens with zero attached hydrogens (tertiary/aromatic N) is 1. The van der Waals surface area contributed by atoms with Crippen LogP contribution in [-0.4, -0.2) is 43.0 Å². The average molecular weight is 415 g/mol. The number of carbonyl (C=O) groups excluding carboxylic acids is 2. The zero-order chi connectivity index (χ0) is 19.4. The third-order valence-corrected chi connectivity index (χ3v) is 5.86. The van der Waals surface area contributed by atoms with Crippen LogP contribution in [0.5, 0.6) is 0 Å². The van der Waals surface area contributed by atoms with E-state index in [4.69, 9.17) is 0 Å². The number of likely N-dealkylation sites (tertiary alicyclic amines) is 1. The van der Waals surface area contributed by atoms with Gasteiger partial charge in [0.25, 0.3) is 5.91 Å². The molecule has 2 aliphatic heterocycles. The van der Waals surface area contributed by atoms with Crippen LogP contribution in [0, 0.1) is 5.41 Å². The molecular weight excluding hydrogens is 388 g/mol. The van der Waals surface area contributed by atoms with Crippen molar-refractivity contribution in [2.24, 2.45) is 5.41 Å². The minimum Gasteiger partial charge on any atom is -0.339 e. The van der Waals surface area contributed by atoms with Gasteiger partial charge in [-0.1, -0.05) is 18.2 Å². The van der Waals surface area contributed by atoms with Gasteiger partial charge in [0.2, 0.25) is 0 Å². The summed E-state index contributed by atoms with van der Waals surface area (Å²) in [6.45, 7) is 3.82. The molecule has 2 saturated heterocycles. The summed E-state index contributed by atoms with van der Waals surface area (Å²) < 4.78 is 0. The number of hydrogen-bond donors (Lipinski definition) is 3.